The summed E-state index contributed by atoms with van der Waals surface area (Å²) in [4.78, 5) is 13.4. The van der Waals surface area contributed by atoms with Crippen molar-refractivity contribution in [3.05, 3.63) is 29.8 Å². The van der Waals surface area contributed by atoms with Crippen LogP contribution in [-0.4, -0.2) is 23.5 Å². The van der Waals surface area contributed by atoms with Gasteiger partial charge in [0, 0.05) is 18.5 Å². The summed E-state index contributed by atoms with van der Waals surface area (Å²) in [5, 5.41) is 9.57. The molecular weight excluding hydrogens is 218 g/mol. The molecule has 3 unspecified atom stereocenters. The van der Waals surface area contributed by atoms with E-state index in [2.05, 4.69) is 0 Å². The molecule has 17 heavy (non-hydrogen) atoms. The number of anilines is 1. The monoisotopic (exact) mass is 233 g/mol. The van der Waals surface area contributed by atoms with Gasteiger partial charge in [0.2, 0.25) is 5.91 Å². The Morgan fingerprint density at radius 1 is 1.41 bits per heavy atom. The zero-order valence-corrected chi connectivity index (χ0v) is 9.67. The number of hydrogen-bond donors (Lipinski definition) is 1. The Hall–Kier alpha value is -1.39. The number of amides is 1. The molecule has 0 saturated carbocycles. The molecule has 0 aromatic heterocycles. The first-order valence-electron chi connectivity index (χ1n) is 5.90. The van der Waals surface area contributed by atoms with Crippen molar-refractivity contribution in [3.63, 3.8) is 0 Å². The molecule has 0 aliphatic carbocycles. The van der Waals surface area contributed by atoms with Crippen molar-refractivity contribution in [1.29, 1.82) is 0 Å². The number of aliphatic hydroxyl groups is 1. The molecule has 3 atom stereocenters. The standard InChI is InChI=1S/C13H15NO3/c1-8(15)14-11-5-3-2-4-9(11)10-6-7-12(16)17-13(10)14/h2-5,10,12-13,16H,6-7H2,1H3. The van der Waals surface area contributed by atoms with Gasteiger partial charge < -0.3 is 9.84 Å². The highest BCUT2D eigenvalue weighted by Crippen LogP contribution is 2.46. The van der Waals surface area contributed by atoms with Crippen molar-refractivity contribution in [3.8, 4) is 0 Å². The molecule has 0 bridgehead atoms. The Kier molecular flexibility index (Phi) is 2.42. The summed E-state index contributed by atoms with van der Waals surface area (Å²) in [5.74, 6) is 0.151. The summed E-state index contributed by atoms with van der Waals surface area (Å²) in [6, 6.07) is 7.87. The average Bonchev–Trinajstić information content (AvgIpc) is 2.62. The zero-order chi connectivity index (χ0) is 12.0. The second-order valence-corrected chi connectivity index (χ2v) is 4.61. The number of hydrogen-bond acceptors (Lipinski definition) is 3. The first kappa shape index (κ1) is 10.7. The highest BCUT2D eigenvalue weighted by molar-refractivity contribution is 5.94. The van der Waals surface area contributed by atoms with Gasteiger partial charge in [0.1, 0.15) is 6.23 Å². The van der Waals surface area contributed by atoms with Crippen molar-refractivity contribution < 1.29 is 14.6 Å². The Morgan fingerprint density at radius 3 is 2.94 bits per heavy atom. The number of rotatable bonds is 0. The van der Waals surface area contributed by atoms with Crippen LogP contribution in [0.4, 0.5) is 5.69 Å². The van der Waals surface area contributed by atoms with Gasteiger partial charge in [-0.25, -0.2) is 0 Å². The lowest BCUT2D eigenvalue weighted by Gasteiger charge is -2.34. The number of ether oxygens (including phenoxy) is 1. The number of nitrogens with zero attached hydrogens (tertiary/aromatic N) is 1. The fourth-order valence-corrected chi connectivity index (χ4v) is 2.84. The van der Waals surface area contributed by atoms with Gasteiger partial charge in [0.25, 0.3) is 0 Å². The van der Waals surface area contributed by atoms with Gasteiger partial charge in [-0.05, 0) is 24.5 Å². The Bertz CT molecular complexity index is 460. The van der Waals surface area contributed by atoms with E-state index in [-0.39, 0.29) is 18.1 Å². The van der Waals surface area contributed by atoms with Crippen LogP contribution in [0.15, 0.2) is 24.3 Å². The summed E-state index contributed by atoms with van der Waals surface area (Å²) in [5.41, 5.74) is 2.07. The zero-order valence-electron chi connectivity index (χ0n) is 9.67. The maximum atomic E-state index is 11.7. The lowest BCUT2D eigenvalue weighted by Crippen LogP contribution is -2.44. The summed E-state index contributed by atoms with van der Waals surface area (Å²) in [7, 11) is 0. The number of fused-ring (bicyclic) bond motifs is 3. The first-order chi connectivity index (χ1) is 8.18. The maximum Gasteiger partial charge on any atom is 0.226 e. The topological polar surface area (TPSA) is 49.8 Å². The minimum absolute atomic E-state index is 0.0425. The van der Waals surface area contributed by atoms with E-state index in [1.807, 2.05) is 24.3 Å². The second-order valence-electron chi connectivity index (χ2n) is 4.61. The smallest absolute Gasteiger partial charge is 0.226 e. The van der Waals surface area contributed by atoms with E-state index in [0.29, 0.717) is 6.42 Å². The molecule has 4 nitrogen and oxygen atoms in total. The van der Waals surface area contributed by atoms with Crippen LogP contribution in [0.2, 0.25) is 0 Å². The van der Waals surface area contributed by atoms with Crippen molar-refractivity contribution in [2.24, 2.45) is 0 Å². The summed E-state index contributed by atoms with van der Waals surface area (Å²) < 4.78 is 5.53. The summed E-state index contributed by atoms with van der Waals surface area (Å²) >= 11 is 0. The molecule has 1 amide bonds. The third kappa shape index (κ3) is 1.56. The molecule has 1 aromatic carbocycles. The fraction of sp³-hybridized carbons (Fsp3) is 0.462. The van der Waals surface area contributed by atoms with Gasteiger partial charge in [-0.1, -0.05) is 18.2 Å². The van der Waals surface area contributed by atoms with Crippen LogP contribution in [-0.2, 0) is 9.53 Å². The third-order valence-electron chi connectivity index (χ3n) is 3.55. The van der Waals surface area contributed by atoms with E-state index in [9.17, 15) is 9.90 Å². The molecule has 1 fully saturated rings. The van der Waals surface area contributed by atoms with Crippen LogP contribution in [0, 0.1) is 0 Å². The van der Waals surface area contributed by atoms with Gasteiger partial charge >= 0.3 is 0 Å². The highest BCUT2D eigenvalue weighted by atomic mass is 16.6. The van der Waals surface area contributed by atoms with Crippen LogP contribution in [0.5, 0.6) is 0 Å². The molecule has 3 rings (SSSR count). The number of aliphatic hydroxyl groups excluding tert-OH is 1. The Labute approximate surface area is 99.8 Å². The van der Waals surface area contributed by atoms with Gasteiger partial charge in [-0.3, -0.25) is 9.69 Å². The van der Waals surface area contributed by atoms with Crippen LogP contribution in [0.3, 0.4) is 0 Å². The lowest BCUT2D eigenvalue weighted by molar-refractivity contribution is -0.169. The molecule has 0 spiro atoms. The normalized spacial score (nSPS) is 30.9. The SMILES string of the molecule is CC(=O)N1c2ccccc2C2CCC(O)OC21. The molecule has 1 aromatic rings. The third-order valence-corrected chi connectivity index (χ3v) is 3.55. The first-order valence-corrected chi connectivity index (χ1v) is 5.90. The predicted octanol–water partition coefficient (Wildman–Crippen LogP) is 1.59. The molecule has 2 aliphatic rings. The van der Waals surface area contributed by atoms with Crippen LogP contribution < -0.4 is 4.90 Å². The predicted molar refractivity (Wildman–Crippen MR) is 62.5 cm³/mol. The van der Waals surface area contributed by atoms with E-state index in [1.165, 1.54) is 6.92 Å². The van der Waals surface area contributed by atoms with Crippen LogP contribution in [0.1, 0.15) is 31.2 Å². The van der Waals surface area contributed by atoms with Crippen molar-refractivity contribution >= 4 is 11.6 Å². The summed E-state index contributed by atoms with van der Waals surface area (Å²) in [6.45, 7) is 1.53. The number of carbonyl (C=O) groups is 1. The number of para-hydroxylation sites is 1. The molecular formula is C13H15NO3. The largest absolute Gasteiger partial charge is 0.368 e. The molecule has 4 heteroatoms. The molecule has 2 heterocycles. The van der Waals surface area contributed by atoms with E-state index in [0.717, 1.165) is 17.7 Å². The molecule has 2 aliphatic heterocycles. The minimum Gasteiger partial charge on any atom is -0.368 e. The van der Waals surface area contributed by atoms with E-state index < -0.39 is 6.29 Å². The van der Waals surface area contributed by atoms with E-state index in [1.54, 1.807) is 4.90 Å². The van der Waals surface area contributed by atoms with Crippen molar-refractivity contribution in [2.75, 3.05) is 4.90 Å². The van der Waals surface area contributed by atoms with Crippen LogP contribution >= 0.6 is 0 Å². The van der Waals surface area contributed by atoms with Crippen molar-refractivity contribution in [2.45, 2.75) is 38.2 Å². The van der Waals surface area contributed by atoms with Gasteiger partial charge in [-0.2, -0.15) is 0 Å². The minimum atomic E-state index is -0.757. The maximum absolute atomic E-state index is 11.7. The van der Waals surface area contributed by atoms with Gasteiger partial charge in [0.15, 0.2) is 6.29 Å². The van der Waals surface area contributed by atoms with Gasteiger partial charge in [-0.15, -0.1) is 0 Å². The highest BCUT2D eigenvalue weighted by Gasteiger charge is 2.44. The molecule has 0 radical (unpaired) electrons. The van der Waals surface area contributed by atoms with Crippen molar-refractivity contribution in [1.82, 2.24) is 0 Å². The molecule has 1 N–H and O–H groups in total. The van der Waals surface area contributed by atoms with Gasteiger partial charge in [0.05, 0.1) is 0 Å². The number of carbonyl (C=O) groups excluding carboxylic acids is 1. The fourth-order valence-electron chi connectivity index (χ4n) is 2.84. The Morgan fingerprint density at radius 2 is 2.18 bits per heavy atom. The van der Waals surface area contributed by atoms with Crippen LogP contribution in [0.25, 0.3) is 0 Å². The van der Waals surface area contributed by atoms with E-state index in [4.69, 9.17) is 4.74 Å². The summed E-state index contributed by atoms with van der Waals surface area (Å²) in [6.07, 6.45) is 0.384. The number of benzene rings is 1. The van der Waals surface area contributed by atoms with E-state index >= 15 is 0 Å². The molecule has 1 saturated heterocycles. The average molecular weight is 233 g/mol. The Balaban J connectivity index is 2.06. The quantitative estimate of drug-likeness (QED) is 0.740. The second kappa shape index (κ2) is 3.82. The molecule has 90 valence electrons. The lowest BCUT2D eigenvalue weighted by atomic mass is 9.93.